The number of aryl methyl sites for hydroxylation is 4. The Morgan fingerprint density at radius 3 is 1.13 bits per heavy atom. The van der Waals surface area contributed by atoms with Gasteiger partial charge >= 0.3 is 0 Å². The van der Waals surface area contributed by atoms with Gasteiger partial charge in [-0.15, -0.1) is 45.3 Å². The van der Waals surface area contributed by atoms with Crippen LogP contribution in [0.5, 0.6) is 0 Å². The van der Waals surface area contributed by atoms with Gasteiger partial charge in [0.25, 0.3) is 0 Å². The molecule has 0 atom stereocenters. The maximum absolute atomic E-state index is 2.63. The van der Waals surface area contributed by atoms with Crippen LogP contribution in [0.2, 0.25) is 0 Å². The van der Waals surface area contributed by atoms with Gasteiger partial charge in [-0.1, -0.05) is 193 Å². The van der Waals surface area contributed by atoms with Crippen molar-refractivity contribution < 1.29 is 0 Å². The van der Waals surface area contributed by atoms with E-state index in [-0.39, 0.29) is 0 Å². The summed E-state index contributed by atoms with van der Waals surface area (Å²) in [4.78, 5) is 5.79. The Kier molecular flexibility index (Phi) is 19.6. The molecule has 7 rings (SSSR count). The second-order valence-corrected chi connectivity index (χ2v) is 23.8. The van der Waals surface area contributed by atoms with E-state index in [0.29, 0.717) is 0 Å². The first kappa shape index (κ1) is 47.7. The van der Waals surface area contributed by atoms with Crippen molar-refractivity contribution in [3.8, 4) is 9.75 Å². The van der Waals surface area contributed by atoms with Crippen LogP contribution in [0.4, 0.5) is 0 Å². The van der Waals surface area contributed by atoms with Gasteiger partial charge in [-0.3, -0.25) is 0 Å². The quantitative estimate of drug-likeness (QED) is 0.0381. The molecule has 0 unspecified atom stereocenters. The van der Waals surface area contributed by atoms with Crippen molar-refractivity contribution in [2.45, 2.75) is 220 Å². The zero-order valence-electron chi connectivity index (χ0n) is 39.5. The van der Waals surface area contributed by atoms with Crippen LogP contribution < -0.4 is 0 Å². The highest BCUT2D eigenvalue weighted by Gasteiger charge is 2.21. The van der Waals surface area contributed by atoms with Gasteiger partial charge in [0.2, 0.25) is 0 Å². The van der Waals surface area contributed by atoms with Crippen LogP contribution in [0.15, 0.2) is 48.5 Å². The van der Waals surface area contributed by atoms with Gasteiger partial charge < -0.3 is 0 Å². The van der Waals surface area contributed by atoms with Crippen LogP contribution in [0.1, 0.15) is 215 Å². The summed E-state index contributed by atoms with van der Waals surface area (Å²) in [6.07, 6.45) is 42.1. The smallest absolute Gasteiger partial charge is 0.0455 e. The molecule has 0 spiro atoms. The minimum absolute atomic E-state index is 1.22. The van der Waals surface area contributed by atoms with E-state index in [1.54, 1.807) is 31.3 Å². The molecule has 0 aliphatic rings. The lowest BCUT2D eigenvalue weighted by Gasteiger charge is -2.12. The molecule has 4 heterocycles. The normalized spacial score (nSPS) is 12.2. The van der Waals surface area contributed by atoms with E-state index < -0.39 is 0 Å². The number of hydrogen-bond acceptors (Lipinski definition) is 4. The van der Waals surface area contributed by atoms with Crippen LogP contribution in [-0.2, 0) is 12.8 Å². The van der Waals surface area contributed by atoms with Crippen molar-refractivity contribution in [3.05, 3.63) is 69.4 Å². The van der Waals surface area contributed by atoms with Gasteiger partial charge in [-0.2, -0.15) is 0 Å². The summed E-state index contributed by atoms with van der Waals surface area (Å²) in [6, 6.07) is 19.6. The molecule has 0 amide bonds. The molecule has 0 N–H and O–H groups in total. The molecule has 0 saturated carbocycles. The van der Waals surface area contributed by atoms with Crippen molar-refractivity contribution in [1.29, 1.82) is 0 Å². The Hall–Kier alpha value is -2.24. The number of unbranched alkanes of at least 4 members (excludes halogenated alkanes) is 26. The Morgan fingerprint density at radius 2 is 0.645 bits per heavy atom. The second-order valence-electron chi connectivity index (χ2n) is 19.1. The van der Waals surface area contributed by atoms with Crippen LogP contribution >= 0.6 is 45.3 Å². The summed E-state index contributed by atoms with van der Waals surface area (Å²) < 4.78 is 6.02. The molecule has 0 radical (unpaired) electrons. The first-order chi connectivity index (χ1) is 30.6. The number of fused-ring (bicyclic) bond motifs is 7. The second kappa shape index (κ2) is 25.5. The van der Waals surface area contributed by atoms with Gasteiger partial charge in [-0.25, -0.2) is 0 Å². The topological polar surface area (TPSA) is 0 Å². The van der Waals surface area contributed by atoms with E-state index in [0.717, 1.165) is 0 Å². The summed E-state index contributed by atoms with van der Waals surface area (Å²) in [5.41, 5.74) is 3.31. The van der Waals surface area contributed by atoms with Crippen LogP contribution in [0.3, 0.4) is 0 Å². The molecule has 0 nitrogen and oxygen atoms in total. The molecular formula is C58H80S4. The van der Waals surface area contributed by atoms with Crippen molar-refractivity contribution in [1.82, 2.24) is 0 Å². The van der Waals surface area contributed by atoms with Crippen molar-refractivity contribution in [3.63, 3.8) is 0 Å². The molecule has 0 aliphatic carbocycles. The zero-order valence-corrected chi connectivity index (χ0v) is 42.7. The maximum atomic E-state index is 2.63. The molecule has 0 fully saturated rings. The molecule has 62 heavy (non-hydrogen) atoms. The molecule has 4 aromatic heterocycles. The van der Waals surface area contributed by atoms with E-state index in [4.69, 9.17) is 0 Å². The predicted molar refractivity (Wildman–Crippen MR) is 288 cm³/mol. The third kappa shape index (κ3) is 13.0. The number of thiophene rings is 4. The minimum atomic E-state index is 1.22. The summed E-state index contributed by atoms with van der Waals surface area (Å²) in [5, 5.41) is 8.81. The fourth-order valence-corrected chi connectivity index (χ4v) is 14.8. The maximum Gasteiger partial charge on any atom is 0.0455 e. The minimum Gasteiger partial charge on any atom is -0.141 e. The lowest BCUT2D eigenvalue weighted by Crippen LogP contribution is -1.93. The lowest BCUT2D eigenvalue weighted by atomic mass is 9.94. The summed E-state index contributed by atoms with van der Waals surface area (Å²) in [7, 11) is 0. The van der Waals surface area contributed by atoms with Gasteiger partial charge in [-0.05, 0) is 109 Å². The first-order valence-electron chi connectivity index (χ1n) is 25.9. The Balaban J connectivity index is 1.02. The fourth-order valence-electron chi connectivity index (χ4n) is 10.4. The monoisotopic (exact) mass is 905 g/mol. The van der Waals surface area contributed by atoms with E-state index in [1.165, 1.54) is 243 Å². The zero-order chi connectivity index (χ0) is 42.9. The molecule has 7 aromatic rings. The molecule has 0 aliphatic heterocycles. The summed E-state index contributed by atoms with van der Waals surface area (Å²) >= 11 is 8.11. The Bertz CT molecular complexity index is 2310. The number of hydrogen-bond donors (Lipinski definition) is 0. The molecule has 3 aromatic carbocycles. The third-order valence-electron chi connectivity index (χ3n) is 13.9. The first-order valence-corrected chi connectivity index (χ1v) is 29.2. The SMILES string of the molecule is CCCCCCCCCCCCCCCCc1c2cc(-c3cc4c(ccc5c6cc(C)sc6ccc45)s3)sc2c(CCCCCCCCCCCCCCCC)c2cc(C)sc12. The average Bonchev–Trinajstić information content (AvgIpc) is 4.08. The third-order valence-corrected chi connectivity index (χ3v) is 18.5. The lowest BCUT2D eigenvalue weighted by molar-refractivity contribution is 0.535. The molecule has 0 saturated heterocycles. The standard InChI is InChI=1S/C58H80S4/c1-5-7-9-11-13-15-17-19-21-23-25-27-29-31-33-47-51-40-44(4)60-57(51)48(34-32-30-28-26-24-22-20-18-16-14-12-10-8-6-2)52-42-56(62-58(47)52)55-41-50-46-35-37-53-49(39-43(3)59-53)45(46)36-38-54(50)61-55/h35-42H,5-34H2,1-4H3. The summed E-state index contributed by atoms with van der Waals surface area (Å²) in [5.74, 6) is 0. The highest BCUT2D eigenvalue weighted by Crippen LogP contribution is 2.48. The Morgan fingerprint density at radius 1 is 0.306 bits per heavy atom. The summed E-state index contributed by atoms with van der Waals surface area (Å²) in [6.45, 7) is 9.22. The Labute approximate surface area is 393 Å². The van der Waals surface area contributed by atoms with Gasteiger partial charge in [0.15, 0.2) is 0 Å². The van der Waals surface area contributed by atoms with Crippen LogP contribution in [-0.4, -0.2) is 0 Å². The number of rotatable bonds is 31. The highest BCUT2D eigenvalue weighted by atomic mass is 32.1. The molecule has 0 bridgehead atoms. The van der Waals surface area contributed by atoms with Gasteiger partial charge in [0, 0.05) is 49.1 Å². The van der Waals surface area contributed by atoms with Crippen molar-refractivity contribution in [2.24, 2.45) is 0 Å². The van der Waals surface area contributed by atoms with Crippen molar-refractivity contribution in [2.75, 3.05) is 0 Å². The van der Waals surface area contributed by atoms with E-state index in [9.17, 15) is 0 Å². The van der Waals surface area contributed by atoms with E-state index >= 15 is 0 Å². The largest absolute Gasteiger partial charge is 0.141 e. The fraction of sp³-hybridized carbons (Fsp3) is 0.586. The molecule has 336 valence electrons. The predicted octanol–water partition coefficient (Wildman–Crippen LogP) is 22.0. The average molecular weight is 906 g/mol. The van der Waals surface area contributed by atoms with E-state index in [2.05, 4.69) is 98.9 Å². The van der Waals surface area contributed by atoms with Crippen molar-refractivity contribution >= 4 is 96.5 Å². The number of benzene rings is 3. The van der Waals surface area contributed by atoms with Gasteiger partial charge in [0.05, 0.1) is 0 Å². The van der Waals surface area contributed by atoms with Crippen LogP contribution in [0.25, 0.3) is 60.9 Å². The van der Waals surface area contributed by atoms with E-state index in [1.807, 2.05) is 22.7 Å². The molecular weight excluding hydrogens is 825 g/mol. The molecule has 4 heteroatoms. The highest BCUT2D eigenvalue weighted by molar-refractivity contribution is 7.29. The van der Waals surface area contributed by atoms with Gasteiger partial charge in [0.1, 0.15) is 0 Å². The van der Waals surface area contributed by atoms with Crippen LogP contribution in [0, 0.1) is 13.8 Å².